The number of aliphatic hydroxyl groups is 1. The minimum atomic E-state index is -0.910. The molecular weight excluding hydrogens is 354 g/mol. The molecule has 1 amide bonds. The van der Waals surface area contributed by atoms with Crippen LogP contribution in [-0.4, -0.2) is 59.8 Å². The first-order chi connectivity index (χ1) is 13.5. The van der Waals surface area contributed by atoms with E-state index in [1.807, 2.05) is 0 Å². The van der Waals surface area contributed by atoms with Crippen LogP contribution in [0.5, 0.6) is 5.75 Å². The van der Waals surface area contributed by atoms with Gasteiger partial charge in [-0.15, -0.1) is 0 Å². The van der Waals surface area contributed by atoms with Crippen molar-refractivity contribution in [1.82, 2.24) is 15.3 Å². The van der Waals surface area contributed by atoms with Crippen LogP contribution in [0.4, 0.5) is 0 Å². The van der Waals surface area contributed by atoms with E-state index in [0.717, 1.165) is 25.1 Å². The topological polar surface area (TPSA) is 65.0 Å². The van der Waals surface area contributed by atoms with E-state index < -0.39 is 6.10 Å². The van der Waals surface area contributed by atoms with Gasteiger partial charge in [-0.3, -0.25) is 4.79 Å². The van der Waals surface area contributed by atoms with E-state index in [0.29, 0.717) is 25.0 Å². The first kappa shape index (κ1) is 19.3. The molecule has 2 aliphatic heterocycles. The van der Waals surface area contributed by atoms with Crippen molar-refractivity contribution < 1.29 is 14.6 Å². The highest BCUT2D eigenvalue weighted by Crippen LogP contribution is 2.48. The third-order valence-corrected chi connectivity index (χ3v) is 6.16. The summed E-state index contributed by atoms with van der Waals surface area (Å²) in [5, 5.41) is 11.8. The quantitative estimate of drug-likeness (QED) is 0.815. The van der Waals surface area contributed by atoms with E-state index >= 15 is 0 Å². The van der Waals surface area contributed by atoms with Gasteiger partial charge < -0.3 is 20.2 Å². The average Bonchev–Trinajstić information content (AvgIpc) is 3.41. The molecule has 0 aromatic heterocycles. The minimum Gasteiger partial charge on any atom is -0.496 e. The van der Waals surface area contributed by atoms with Crippen molar-refractivity contribution in [1.29, 1.82) is 0 Å². The molecule has 6 nitrogen and oxygen atoms in total. The molecule has 1 aromatic carbocycles. The smallest absolute Gasteiger partial charge is 0.251 e. The Labute approximate surface area is 167 Å². The summed E-state index contributed by atoms with van der Waals surface area (Å²) in [6.07, 6.45) is 5.54. The Bertz CT molecular complexity index is 777. The summed E-state index contributed by atoms with van der Waals surface area (Å²) in [4.78, 5) is 13.8. The molecule has 1 aliphatic carbocycles. The van der Waals surface area contributed by atoms with E-state index in [1.165, 1.54) is 35.1 Å². The fraction of sp³-hybridized carbons (Fsp3) is 0.591. The predicted molar refractivity (Wildman–Crippen MR) is 109 cm³/mol. The molecule has 3 aliphatic rings. The normalized spacial score (nSPS) is 22.0. The number of benzene rings is 1. The maximum atomic E-state index is 12.0. The number of likely N-dealkylation sites (tertiary alicyclic amines) is 1. The maximum Gasteiger partial charge on any atom is 0.251 e. The summed E-state index contributed by atoms with van der Waals surface area (Å²) in [5.74, 6) is 1.48. The van der Waals surface area contributed by atoms with Crippen LogP contribution in [-0.2, 0) is 4.79 Å². The highest BCUT2D eigenvalue weighted by molar-refractivity contribution is 5.80. The summed E-state index contributed by atoms with van der Waals surface area (Å²) in [6.45, 7) is 5.93. The predicted octanol–water partition coefficient (Wildman–Crippen LogP) is 2.41. The van der Waals surface area contributed by atoms with E-state index in [9.17, 15) is 9.90 Å². The lowest BCUT2D eigenvalue weighted by Gasteiger charge is -2.37. The van der Waals surface area contributed by atoms with Crippen LogP contribution in [0.1, 0.15) is 55.2 Å². The van der Waals surface area contributed by atoms with Crippen molar-refractivity contribution in [3.63, 3.8) is 0 Å². The molecular formula is C22H31N3O3. The number of aryl methyl sites for hydroxylation is 1. The largest absolute Gasteiger partial charge is 0.496 e. The Morgan fingerprint density at radius 2 is 1.96 bits per heavy atom. The lowest BCUT2D eigenvalue weighted by molar-refractivity contribution is -0.140. The summed E-state index contributed by atoms with van der Waals surface area (Å²) in [5.41, 5.74) is 8.67. The Balaban J connectivity index is 1.44. The molecule has 0 bridgehead atoms. The molecule has 28 heavy (non-hydrogen) atoms. The number of ether oxygens (including phenoxy) is 1. The van der Waals surface area contributed by atoms with Crippen LogP contribution in [0, 0.1) is 6.92 Å². The number of hydrazine groups is 1. The van der Waals surface area contributed by atoms with Crippen molar-refractivity contribution in [3.8, 4) is 5.75 Å². The first-order valence-corrected chi connectivity index (χ1v) is 10.4. The molecule has 2 N–H and O–H groups in total. The van der Waals surface area contributed by atoms with Gasteiger partial charge in [0.05, 0.1) is 7.11 Å². The summed E-state index contributed by atoms with van der Waals surface area (Å²) in [6, 6.07) is 4.83. The van der Waals surface area contributed by atoms with Crippen LogP contribution in [0.3, 0.4) is 0 Å². The SMILES string of the molecule is COc1cc(C)cc(C2=CNN(C3CCN(C(=O)C(C)O)CC3)C2)c1C1CC1. The standard InChI is InChI=1S/C22H31N3O3/c1-14-10-19(21(16-4-5-16)20(11-14)28-3)17-12-23-25(13-17)18-6-8-24(9-7-18)22(27)15(2)26/h10-12,15-16,18,23,26H,4-9,13H2,1-3H3. The minimum absolute atomic E-state index is 0.160. The molecule has 1 atom stereocenters. The van der Waals surface area contributed by atoms with E-state index in [1.54, 1.807) is 18.9 Å². The molecule has 1 unspecified atom stereocenters. The van der Waals surface area contributed by atoms with Gasteiger partial charge >= 0.3 is 0 Å². The van der Waals surface area contributed by atoms with Gasteiger partial charge in [0.2, 0.25) is 0 Å². The van der Waals surface area contributed by atoms with Crippen molar-refractivity contribution in [3.05, 3.63) is 35.0 Å². The van der Waals surface area contributed by atoms with E-state index in [4.69, 9.17) is 4.74 Å². The number of carbonyl (C=O) groups is 1. The fourth-order valence-corrected chi connectivity index (χ4v) is 4.49. The van der Waals surface area contributed by atoms with Crippen LogP contribution < -0.4 is 10.2 Å². The molecule has 1 saturated heterocycles. The Morgan fingerprint density at radius 3 is 2.57 bits per heavy atom. The van der Waals surface area contributed by atoms with Crippen molar-refractivity contribution in [2.45, 2.75) is 57.6 Å². The second kappa shape index (κ2) is 7.76. The summed E-state index contributed by atoms with van der Waals surface area (Å²) in [7, 11) is 1.76. The highest BCUT2D eigenvalue weighted by atomic mass is 16.5. The number of amides is 1. The van der Waals surface area contributed by atoms with Crippen LogP contribution in [0.15, 0.2) is 18.3 Å². The van der Waals surface area contributed by atoms with E-state index in [2.05, 4.69) is 35.7 Å². The van der Waals surface area contributed by atoms with Crippen LogP contribution in [0.25, 0.3) is 5.57 Å². The van der Waals surface area contributed by atoms with Gasteiger partial charge in [0, 0.05) is 37.4 Å². The first-order valence-electron chi connectivity index (χ1n) is 10.4. The number of rotatable bonds is 5. The third kappa shape index (κ3) is 3.76. The molecule has 2 heterocycles. The third-order valence-electron chi connectivity index (χ3n) is 6.16. The zero-order valence-electron chi connectivity index (χ0n) is 17.1. The molecule has 2 fully saturated rings. The molecule has 152 valence electrons. The lowest BCUT2D eigenvalue weighted by atomic mass is 9.94. The van der Waals surface area contributed by atoms with Gasteiger partial charge in [0.15, 0.2) is 0 Å². The number of piperidine rings is 1. The number of nitrogens with one attached hydrogen (secondary N) is 1. The van der Waals surface area contributed by atoms with Crippen molar-refractivity contribution >= 4 is 11.5 Å². The number of carbonyl (C=O) groups excluding carboxylic acids is 1. The Kier molecular flexibility index (Phi) is 5.34. The van der Waals surface area contributed by atoms with Gasteiger partial charge in [-0.05, 0) is 68.2 Å². The number of methoxy groups -OCH3 is 1. The molecule has 4 rings (SSSR count). The second-order valence-corrected chi connectivity index (χ2v) is 8.36. The molecule has 6 heteroatoms. The number of hydrogen-bond acceptors (Lipinski definition) is 5. The van der Waals surface area contributed by atoms with Gasteiger partial charge in [-0.1, -0.05) is 6.07 Å². The average molecular weight is 386 g/mol. The zero-order valence-corrected chi connectivity index (χ0v) is 17.1. The molecule has 1 saturated carbocycles. The van der Waals surface area contributed by atoms with Crippen molar-refractivity contribution in [2.24, 2.45) is 0 Å². The fourth-order valence-electron chi connectivity index (χ4n) is 4.49. The Morgan fingerprint density at radius 1 is 1.25 bits per heavy atom. The van der Waals surface area contributed by atoms with Crippen molar-refractivity contribution in [2.75, 3.05) is 26.7 Å². The maximum absolute atomic E-state index is 12.0. The van der Waals surface area contributed by atoms with Gasteiger partial charge in [-0.2, -0.15) is 0 Å². The van der Waals surface area contributed by atoms with E-state index in [-0.39, 0.29) is 5.91 Å². The Hall–Kier alpha value is -2.05. The monoisotopic (exact) mass is 385 g/mol. The molecule has 0 spiro atoms. The van der Waals surface area contributed by atoms with Gasteiger partial charge in [0.1, 0.15) is 11.9 Å². The van der Waals surface area contributed by atoms with Crippen LogP contribution in [0.2, 0.25) is 0 Å². The van der Waals surface area contributed by atoms with Crippen LogP contribution >= 0.6 is 0 Å². The summed E-state index contributed by atoms with van der Waals surface area (Å²) >= 11 is 0. The lowest BCUT2D eigenvalue weighted by Crippen LogP contribution is -2.50. The number of nitrogens with zero attached hydrogens (tertiary/aromatic N) is 2. The zero-order chi connectivity index (χ0) is 19.8. The number of hydrogen-bond donors (Lipinski definition) is 2. The molecule has 1 aromatic rings. The van der Waals surface area contributed by atoms with Gasteiger partial charge in [-0.25, -0.2) is 5.01 Å². The van der Waals surface area contributed by atoms with Gasteiger partial charge in [0.25, 0.3) is 5.91 Å². The number of aliphatic hydroxyl groups excluding tert-OH is 1. The summed E-state index contributed by atoms with van der Waals surface area (Å²) < 4.78 is 5.71. The highest BCUT2D eigenvalue weighted by Gasteiger charge is 2.34. The molecule has 0 radical (unpaired) electrons. The second-order valence-electron chi connectivity index (χ2n) is 8.36.